The van der Waals surface area contributed by atoms with Gasteiger partial charge in [0.2, 0.25) is 0 Å². The molecule has 0 radical (unpaired) electrons. The van der Waals surface area contributed by atoms with E-state index in [1.807, 2.05) is 18.2 Å². The third kappa shape index (κ3) is 6.75. The number of nitro groups is 2. The van der Waals surface area contributed by atoms with E-state index in [1.165, 1.54) is 6.07 Å². The molecule has 3 N–H and O–H groups in total. The van der Waals surface area contributed by atoms with Crippen molar-refractivity contribution in [3.63, 3.8) is 0 Å². The fourth-order valence-electron chi connectivity index (χ4n) is 2.42. The number of rotatable bonds is 6. The van der Waals surface area contributed by atoms with Gasteiger partial charge in [0, 0.05) is 24.3 Å². The van der Waals surface area contributed by atoms with Crippen LogP contribution < -0.4 is 0 Å². The fourth-order valence-corrected chi connectivity index (χ4v) is 2.42. The monoisotopic (exact) mass is 456 g/mol. The van der Waals surface area contributed by atoms with Gasteiger partial charge >= 0.3 is 23.3 Å². The Balaban J connectivity index is 0.000000257. The van der Waals surface area contributed by atoms with Gasteiger partial charge in [-0.1, -0.05) is 30.3 Å². The lowest BCUT2D eigenvalue weighted by molar-refractivity contribution is -0.386. The van der Waals surface area contributed by atoms with Crippen LogP contribution in [0.25, 0.3) is 0 Å². The van der Waals surface area contributed by atoms with Crippen LogP contribution in [0.2, 0.25) is 0 Å². The number of nitrogens with zero attached hydrogens (tertiary/aromatic N) is 2. The number of carbonyl (C=O) groups is 2. The van der Waals surface area contributed by atoms with Gasteiger partial charge in [-0.15, -0.1) is 0 Å². The van der Waals surface area contributed by atoms with E-state index in [0.29, 0.717) is 0 Å². The first-order valence-electron chi connectivity index (χ1n) is 8.99. The van der Waals surface area contributed by atoms with Crippen LogP contribution in [0.1, 0.15) is 26.3 Å². The van der Waals surface area contributed by atoms with Gasteiger partial charge in [0.1, 0.15) is 6.61 Å². The Bertz CT molecular complexity index is 1190. The van der Waals surface area contributed by atoms with Gasteiger partial charge in [-0.3, -0.25) is 20.2 Å². The van der Waals surface area contributed by atoms with Crippen molar-refractivity contribution in [2.75, 3.05) is 0 Å². The highest BCUT2D eigenvalue weighted by molar-refractivity contribution is 5.90. The van der Waals surface area contributed by atoms with E-state index < -0.39 is 44.7 Å². The zero-order valence-corrected chi connectivity index (χ0v) is 16.7. The van der Waals surface area contributed by atoms with E-state index in [0.717, 1.165) is 35.9 Å². The second-order valence-corrected chi connectivity index (χ2v) is 6.29. The number of benzene rings is 3. The molecule has 0 aliphatic rings. The molecule has 0 saturated carbocycles. The average molecular weight is 456 g/mol. The van der Waals surface area contributed by atoms with E-state index in [-0.39, 0.29) is 17.7 Å². The molecular formula is C21H16N2O10. The Morgan fingerprint density at radius 2 is 1.27 bits per heavy atom. The summed E-state index contributed by atoms with van der Waals surface area (Å²) in [6.45, 7) is 0.0947. The van der Waals surface area contributed by atoms with Gasteiger partial charge in [-0.05, 0) is 17.7 Å². The first-order valence-corrected chi connectivity index (χ1v) is 8.99. The molecular weight excluding hydrogens is 440 g/mol. The van der Waals surface area contributed by atoms with E-state index in [9.17, 15) is 34.9 Å². The normalized spacial score (nSPS) is 9.82. The molecule has 0 heterocycles. The van der Waals surface area contributed by atoms with Crippen LogP contribution in [-0.4, -0.2) is 37.1 Å². The molecule has 3 aromatic carbocycles. The maximum atomic E-state index is 11.7. The Labute approximate surface area is 185 Å². The maximum absolute atomic E-state index is 11.7. The first kappa shape index (κ1) is 24.3. The zero-order chi connectivity index (χ0) is 24.5. The zero-order valence-electron chi connectivity index (χ0n) is 16.7. The summed E-state index contributed by atoms with van der Waals surface area (Å²) in [5.41, 5.74) is -0.270. The molecule has 0 bridgehead atoms. The number of aromatic carboxylic acids is 1. The van der Waals surface area contributed by atoms with Crippen LogP contribution in [0.4, 0.5) is 11.4 Å². The predicted octanol–water partition coefficient (Wildman–Crippen LogP) is 3.66. The van der Waals surface area contributed by atoms with Crippen LogP contribution in [0.5, 0.6) is 11.5 Å². The summed E-state index contributed by atoms with van der Waals surface area (Å²) in [7, 11) is 0. The molecule has 0 fully saturated rings. The Hall–Kier alpha value is -5.00. The molecule has 0 aliphatic carbocycles. The molecule has 33 heavy (non-hydrogen) atoms. The van der Waals surface area contributed by atoms with Crippen molar-refractivity contribution in [3.8, 4) is 11.5 Å². The number of hydrogen-bond acceptors (Lipinski definition) is 9. The third-order valence-corrected chi connectivity index (χ3v) is 4.04. The summed E-state index contributed by atoms with van der Waals surface area (Å²) in [6.07, 6.45) is 0. The van der Waals surface area contributed by atoms with E-state index in [4.69, 9.17) is 14.9 Å². The first-order chi connectivity index (χ1) is 15.6. The van der Waals surface area contributed by atoms with Crippen LogP contribution in [0.3, 0.4) is 0 Å². The molecule has 3 rings (SSSR count). The molecule has 0 spiro atoms. The number of carbonyl (C=O) groups excluding carboxylic acids is 1. The molecule has 0 aromatic heterocycles. The number of carboxylic acid groups (broad SMARTS) is 1. The Morgan fingerprint density at radius 3 is 1.73 bits per heavy atom. The molecule has 0 saturated heterocycles. The highest BCUT2D eigenvalue weighted by Gasteiger charge is 2.17. The van der Waals surface area contributed by atoms with Crippen molar-refractivity contribution >= 4 is 23.3 Å². The number of esters is 1. The lowest BCUT2D eigenvalue weighted by atomic mass is 10.2. The highest BCUT2D eigenvalue weighted by atomic mass is 16.6. The average Bonchev–Trinajstić information content (AvgIpc) is 2.77. The molecule has 12 nitrogen and oxygen atoms in total. The lowest BCUT2D eigenvalue weighted by Gasteiger charge is -2.05. The van der Waals surface area contributed by atoms with E-state index in [2.05, 4.69) is 0 Å². The van der Waals surface area contributed by atoms with Crippen LogP contribution >= 0.6 is 0 Å². The van der Waals surface area contributed by atoms with Gasteiger partial charge in [0.25, 0.3) is 0 Å². The number of hydrogen-bond donors (Lipinski definition) is 3. The van der Waals surface area contributed by atoms with Crippen molar-refractivity contribution in [2.24, 2.45) is 0 Å². The summed E-state index contributed by atoms with van der Waals surface area (Å²) >= 11 is 0. The second-order valence-electron chi connectivity index (χ2n) is 6.29. The van der Waals surface area contributed by atoms with Crippen molar-refractivity contribution < 1.29 is 39.5 Å². The van der Waals surface area contributed by atoms with Crippen molar-refractivity contribution in [1.82, 2.24) is 0 Å². The molecule has 0 atom stereocenters. The van der Waals surface area contributed by atoms with Gasteiger partial charge in [-0.2, -0.15) is 0 Å². The van der Waals surface area contributed by atoms with Gasteiger partial charge in [-0.25, -0.2) is 9.59 Å². The third-order valence-electron chi connectivity index (χ3n) is 4.04. The SMILES string of the molecule is O=C(O)c1ccc([N+](=O)[O-])c(O)c1.O=C(OCc1ccccc1)c1ccc([N+](=O)[O-])c(O)c1. The van der Waals surface area contributed by atoms with E-state index >= 15 is 0 Å². The van der Waals surface area contributed by atoms with Crippen LogP contribution in [0.15, 0.2) is 66.7 Å². The lowest BCUT2D eigenvalue weighted by Crippen LogP contribution is -2.05. The van der Waals surface area contributed by atoms with Crippen molar-refractivity contribution in [1.29, 1.82) is 0 Å². The number of ether oxygens (including phenoxy) is 1. The van der Waals surface area contributed by atoms with Gasteiger partial charge in [0.05, 0.1) is 21.0 Å². The second kappa shape index (κ2) is 10.9. The number of carboxylic acids is 1. The summed E-state index contributed by atoms with van der Waals surface area (Å²) in [6, 6.07) is 15.3. The number of nitro benzene ring substituents is 2. The smallest absolute Gasteiger partial charge is 0.338 e. The summed E-state index contributed by atoms with van der Waals surface area (Å²) < 4.78 is 5.05. The van der Waals surface area contributed by atoms with E-state index in [1.54, 1.807) is 12.1 Å². The molecule has 0 aliphatic heterocycles. The van der Waals surface area contributed by atoms with Gasteiger partial charge < -0.3 is 20.1 Å². The van der Waals surface area contributed by atoms with Crippen molar-refractivity contribution in [3.05, 3.63) is 104 Å². The summed E-state index contributed by atoms with van der Waals surface area (Å²) in [5, 5.41) is 47.7. The minimum atomic E-state index is -1.25. The minimum absolute atomic E-state index is 0.0593. The van der Waals surface area contributed by atoms with Crippen molar-refractivity contribution in [2.45, 2.75) is 6.61 Å². The molecule has 12 heteroatoms. The molecule has 0 unspecified atom stereocenters. The fraction of sp³-hybridized carbons (Fsp3) is 0.0476. The topological polar surface area (TPSA) is 190 Å². The molecule has 170 valence electrons. The standard InChI is InChI=1S/C14H11NO5.C7H5NO5/c16-13-8-11(6-7-12(13)15(18)19)14(17)20-9-10-4-2-1-3-5-10;9-6-3-4(7(10)11)1-2-5(6)8(12)13/h1-8,16H,9H2;1-3,9H,(H,10,11). The Kier molecular flexibility index (Phi) is 7.99. The quantitative estimate of drug-likeness (QED) is 0.280. The summed E-state index contributed by atoms with van der Waals surface area (Å²) in [4.78, 5) is 41.3. The Morgan fingerprint density at radius 1 is 0.788 bits per heavy atom. The van der Waals surface area contributed by atoms with Crippen LogP contribution in [-0.2, 0) is 11.3 Å². The predicted molar refractivity (Wildman–Crippen MR) is 112 cm³/mol. The van der Waals surface area contributed by atoms with Crippen LogP contribution in [0, 0.1) is 20.2 Å². The molecule has 3 aromatic rings. The minimum Gasteiger partial charge on any atom is -0.502 e. The maximum Gasteiger partial charge on any atom is 0.338 e. The highest BCUT2D eigenvalue weighted by Crippen LogP contribution is 2.27. The number of phenolic OH excluding ortho intramolecular Hbond substituents is 2. The summed E-state index contributed by atoms with van der Waals surface area (Å²) in [5.74, 6) is -3.11. The number of phenols is 2. The number of aromatic hydroxyl groups is 2. The largest absolute Gasteiger partial charge is 0.502 e. The van der Waals surface area contributed by atoms with Gasteiger partial charge in [0.15, 0.2) is 11.5 Å². The molecule has 0 amide bonds.